The van der Waals surface area contributed by atoms with E-state index in [1.54, 1.807) is 0 Å². The number of likely N-dealkylation sites (tertiary alicyclic amines) is 1. The Morgan fingerprint density at radius 3 is 2.00 bits per heavy atom. The first-order chi connectivity index (χ1) is 9.58. The van der Waals surface area contributed by atoms with Crippen LogP contribution >= 0.6 is 0 Å². The first-order valence-electron chi connectivity index (χ1n) is 9.02. The second-order valence-corrected chi connectivity index (χ2v) is 7.46. The fourth-order valence-electron chi connectivity index (χ4n) is 3.02. The van der Waals surface area contributed by atoms with Crippen molar-refractivity contribution in [3.8, 4) is 0 Å². The summed E-state index contributed by atoms with van der Waals surface area (Å²) in [6, 6.07) is 0. The van der Waals surface area contributed by atoms with Crippen molar-refractivity contribution in [3.63, 3.8) is 0 Å². The Morgan fingerprint density at radius 2 is 1.40 bits per heavy atom. The summed E-state index contributed by atoms with van der Waals surface area (Å²) in [6.07, 6.45) is 8.31. The van der Waals surface area contributed by atoms with Crippen LogP contribution in [-0.4, -0.2) is 49.1 Å². The topological polar surface area (TPSA) is 6.48 Å². The van der Waals surface area contributed by atoms with Crippen molar-refractivity contribution in [1.29, 1.82) is 0 Å². The molecule has 0 aromatic rings. The van der Waals surface area contributed by atoms with Crippen LogP contribution in [0.4, 0.5) is 0 Å². The Kier molecular flexibility index (Phi) is 9.54. The molecule has 1 heterocycles. The maximum absolute atomic E-state index is 2.72. The minimum atomic E-state index is 0.834. The molecule has 0 aromatic heterocycles. The van der Waals surface area contributed by atoms with Gasteiger partial charge in [-0.05, 0) is 89.6 Å². The van der Waals surface area contributed by atoms with E-state index in [2.05, 4.69) is 37.5 Å². The molecule has 1 aliphatic rings. The van der Waals surface area contributed by atoms with Gasteiger partial charge in [-0.25, -0.2) is 0 Å². The lowest BCUT2D eigenvalue weighted by Gasteiger charge is -2.25. The van der Waals surface area contributed by atoms with E-state index in [-0.39, 0.29) is 0 Å². The fourth-order valence-corrected chi connectivity index (χ4v) is 3.02. The van der Waals surface area contributed by atoms with Gasteiger partial charge in [0.05, 0.1) is 0 Å². The molecule has 0 aromatic carbocycles. The molecule has 0 saturated carbocycles. The van der Waals surface area contributed by atoms with Gasteiger partial charge in [0.25, 0.3) is 0 Å². The summed E-state index contributed by atoms with van der Waals surface area (Å²) in [4.78, 5) is 5.37. The van der Waals surface area contributed by atoms with E-state index >= 15 is 0 Å². The summed E-state index contributed by atoms with van der Waals surface area (Å²) in [6.45, 7) is 17.3. The van der Waals surface area contributed by atoms with Gasteiger partial charge in [-0.3, -0.25) is 0 Å². The van der Waals surface area contributed by atoms with Gasteiger partial charge in [0.2, 0.25) is 0 Å². The molecule has 0 radical (unpaired) electrons. The van der Waals surface area contributed by atoms with Crippen LogP contribution in [0.2, 0.25) is 0 Å². The maximum atomic E-state index is 2.72. The number of rotatable bonds is 11. The summed E-state index contributed by atoms with van der Waals surface area (Å²) < 4.78 is 0. The first kappa shape index (κ1) is 18.0. The summed E-state index contributed by atoms with van der Waals surface area (Å²) in [5.74, 6) is 1.69. The van der Waals surface area contributed by atoms with Crippen LogP contribution in [0.5, 0.6) is 0 Å². The molecule has 0 amide bonds. The highest BCUT2D eigenvalue weighted by Crippen LogP contribution is 2.10. The van der Waals surface area contributed by atoms with Crippen LogP contribution < -0.4 is 0 Å². The summed E-state index contributed by atoms with van der Waals surface area (Å²) in [5, 5.41) is 0. The van der Waals surface area contributed by atoms with Gasteiger partial charge in [0.15, 0.2) is 0 Å². The van der Waals surface area contributed by atoms with Crippen LogP contribution in [-0.2, 0) is 0 Å². The van der Waals surface area contributed by atoms with Crippen LogP contribution in [0, 0.1) is 11.8 Å². The summed E-state index contributed by atoms with van der Waals surface area (Å²) >= 11 is 0. The van der Waals surface area contributed by atoms with Gasteiger partial charge >= 0.3 is 0 Å². The van der Waals surface area contributed by atoms with Gasteiger partial charge < -0.3 is 9.80 Å². The number of hydrogen-bond donors (Lipinski definition) is 0. The van der Waals surface area contributed by atoms with Crippen molar-refractivity contribution in [1.82, 2.24) is 9.80 Å². The molecule has 1 aliphatic heterocycles. The predicted octanol–water partition coefficient (Wildman–Crippen LogP) is 4.26. The Bertz CT molecular complexity index is 219. The predicted molar refractivity (Wildman–Crippen MR) is 90.3 cm³/mol. The molecule has 0 aliphatic carbocycles. The van der Waals surface area contributed by atoms with Crippen molar-refractivity contribution >= 4 is 0 Å². The summed E-state index contributed by atoms with van der Waals surface area (Å²) in [5.41, 5.74) is 0. The lowest BCUT2D eigenvalue weighted by atomic mass is 10.1. The SMILES string of the molecule is CC(C)CCCN(CCCN1CCCC1)CCC(C)C. The summed E-state index contributed by atoms with van der Waals surface area (Å²) in [7, 11) is 0. The van der Waals surface area contributed by atoms with Gasteiger partial charge in [0, 0.05) is 0 Å². The highest BCUT2D eigenvalue weighted by molar-refractivity contribution is 4.68. The van der Waals surface area contributed by atoms with E-state index in [1.165, 1.54) is 77.8 Å². The fraction of sp³-hybridized carbons (Fsp3) is 1.00. The van der Waals surface area contributed by atoms with Crippen molar-refractivity contribution < 1.29 is 0 Å². The largest absolute Gasteiger partial charge is 0.303 e. The molecule has 0 N–H and O–H groups in total. The van der Waals surface area contributed by atoms with E-state index in [0.29, 0.717) is 0 Å². The molecule has 0 bridgehead atoms. The highest BCUT2D eigenvalue weighted by Gasteiger charge is 2.12. The highest BCUT2D eigenvalue weighted by atomic mass is 15.2. The van der Waals surface area contributed by atoms with Gasteiger partial charge in [-0.2, -0.15) is 0 Å². The Balaban J connectivity index is 2.17. The van der Waals surface area contributed by atoms with Gasteiger partial charge in [-0.15, -0.1) is 0 Å². The molecule has 120 valence electrons. The van der Waals surface area contributed by atoms with E-state index in [4.69, 9.17) is 0 Å². The second kappa shape index (κ2) is 10.6. The maximum Gasteiger partial charge on any atom is -0.000655 e. The standard InChI is InChI=1S/C18H38N2/c1-17(2)9-7-13-20(16-10-18(3)4)15-8-14-19-11-5-6-12-19/h17-18H,5-16H2,1-4H3. The molecule has 0 atom stereocenters. The molecular weight excluding hydrogens is 244 g/mol. The third-order valence-electron chi connectivity index (χ3n) is 4.43. The second-order valence-electron chi connectivity index (χ2n) is 7.46. The number of hydrogen-bond acceptors (Lipinski definition) is 2. The minimum Gasteiger partial charge on any atom is -0.303 e. The number of nitrogens with zero attached hydrogens (tertiary/aromatic N) is 2. The van der Waals surface area contributed by atoms with Crippen LogP contribution in [0.1, 0.15) is 66.2 Å². The smallest absolute Gasteiger partial charge is 0.000655 e. The lowest BCUT2D eigenvalue weighted by Crippen LogP contribution is -2.31. The molecule has 20 heavy (non-hydrogen) atoms. The molecule has 1 rings (SSSR count). The van der Waals surface area contributed by atoms with E-state index in [9.17, 15) is 0 Å². The molecule has 1 fully saturated rings. The van der Waals surface area contributed by atoms with Crippen molar-refractivity contribution in [2.24, 2.45) is 11.8 Å². The third-order valence-corrected chi connectivity index (χ3v) is 4.43. The zero-order valence-electron chi connectivity index (χ0n) is 14.5. The molecule has 0 spiro atoms. The molecule has 2 heteroatoms. The van der Waals surface area contributed by atoms with E-state index in [1.807, 2.05) is 0 Å². The Labute approximate surface area is 127 Å². The minimum absolute atomic E-state index is 0.834. The average Bonchev–Trinajstić information content (AvgIpc) is 2.87. The van der Waals surface area contributed by atoms with E-state index < -0.39 is 0 Å². The zero-order chi connectivity index (χ0) is 14.8. The normalized spacial score (nSPS) is 16.9. The van der Waals surface area contributed by atoms with Crippen LogP contribution in [0.15, 0.2) is 0 Å². The van der Waals surface area contributed by atoms with Crippen LogP contribution in [0.25, 0.3) is 0 Å². The zero-order valence-corrected chi connectivity index (χ0v) is 14.5. The van der Waals surface area contributed by atoms with Gasteiger partial charge in [-0.1, -0.05) is 27.7 Å². The lowest BCUT2D eigenvalue weighted by molar-refractivity contribution is 0.228. The van der Waals surface area contributed by atoms with Crippen molar-refractivity contribution in [2.75, 3.05) is 39.3 Å². The van der Waals surface area contributed by atoms with E-state index in [0.717, 1.165) is 11.8 Å². The Hall–Kier alpha value is -0.0800. The molecular formula is C18H38N2. The molecule has 1 saturated heterocycles. The van der Waals surface area contributed by atoms with Crippen molar-refractivity contribution in [2.45, 2.75) is 66.2 Å². The Morgan fingerprint density at radius 1 is 0.800 bits per heavy atom. The van der Waals surface area contributed by atoms with Crippen LogP contribution in [0.3, 0.4) is 0 Å². The monoisotopic (exact) mass is 282 g/mol. The average molecular weight is 283 g/mol. The first-order valence-corrected chi connectivity index (χ1v) is 9.02. The molecule has 2 nitrogen and oxygen atoms in total. The quantitative estimate of drug-likeness (QED) is 0.559. The third kappa shape index (κ3) is 8.97. The van der Waals surface area contributed by atoms with Gasteiger partial charge in [0.1, 0.15) is 0 Å². The molecule has 0 unspecified atom stereocenters. The van der Waals surface area contributed by atoms with Crippen molar-refractivity contribution in [3.05, 3.63) is 0 Å².